The van der Waals surface area contributed by atoms with Gasteiger partial charge in [-0.05, 0) is 12.1 Å². The van der Waals surface area contributed by atoms with Crippen LogP contribution in [0.1, 0.15) is 0 Å². The highest BCUT2D eigenvalue weighted by atomic mass is 31.1. The van der Waals surface area contributed by atoms with Crippen LogP contribution in [-0.2, 0) is 4.57 Å². The number of halogens is 9. The molecule has 0 saturated heterocycles. The molecule has 1 aromatic carbocycles. The van der Waals surface area contributed by atoms with Crippen LogP contribution in [0.15, 0.2) is 48.4 Å². The highest BCUT2D eigenvalue weighted by Gasteiger charge is 2.26. The first kappa shape index (κ1) is 21.4. The van der Waals surface area contributed by atoms with Crippen LogP contribution in [0, 0.1) is 0 Å². The third kappa shape index (κ3) is 5.41. The quantitative estimate of drug-likeness (QED) is 0.321. The molecule has 0 fully saturated rings. The van der Waals surface area contributed by atoms with Crippen molar-refractivity contribution in [1.29, 1.82) is 0 Å². The molecule has 0 radical (unpaired) electrons. The molecule has 14 heteroatoms. The summed E-state index contributed by atoms with van der Waals surface area (Å²) in [6.07, 6.45) is -9.24. The van der Waals surface area contributed by atoms with Gasteiger partial charge in [0.1, 0.15) is 0 Å². The molecule has 0 saturated carbocycles. The van der Waals surface area contributed by atoms with Gasteiger partial charge in [0.15, 0.2) is 20.0 Å². The molecule has 0 bridgehead atoms. The summed E-state index contributed by atoms with van der Waals surface area (Å²) in [5.74, 6) is -4.34. The minimum absolute atomic E-state index is 0.460. The van der Waals surface area contributed by atoms with Crippen LogP contribution in [0.2, 0.25) is 0 Å². The SMILES string of the molecule is O=Pc1ccc(OC(F)=C(F)F)c(OC(F)=C(F)F)c1OC(F)=C(F)F. The molecule has 1 rings (SSSR count). The molecule has 0 unspecified atom stereocenters. The van der Waals surface area contributed by atoms with E-state index in [9.17, 15) is 44.1 Å². The maximum atomic E-state index is 13.0. The number of hydrogen-bond donors (Lipinski definition) is 0. The van der Waals surface area contributed by atoms with Gasteiger partial charge in [0.2, 0.25) is 5.75 Å². The normalized spacial score (nSPS) is 10.2. The topological polar surface area (TPSA) is 44.8 Å². The maximum Gasteiger partial charge on any atom is 0.345 e. The van der Waals surface area contributed by atoms with E-state index in [0.717, 1.165) is 0 Å². The van der Waals surface area contributed by atoms with Gasteiger partial charge in [-0.3, -0.25) is 4.57 Å². The van der Waals surface area contributed by atoms with Crippen molar-refractivity contribution < 1.29 is 58.3 Å². The van der Waals surface area contributed by atoms with E-state index >= 15 is 0 Å². The highest BCUT2D eigenvalue weighted by molar-refractivity contribution is 7.34. The van der Waals surface area contributed by atoms with Crippen molar-refractivity contribution >= 4 is 13.8 Å². The fraction of sp³-hybridized carbons (Fsp3) is 0. The summed E-state index contributed by atoms with van der Waals surface area (Å²) in [5, 5.41) is -0.791. The van der Waals surface area contributed by atoms with Crippen LogP contribution in [0.3, 0.4) is 0 Å². The lowest BCUT2D eigenvalue weighted by molar-refractivity contribution is 0.198. The standard InChI is InChI=1S/C12H2F9O4P/c13-7(14)10(19)23-3-1-2-4(26-22)6(25-12(21)9(17)18)5(3)24-11(20)8(15)16/h1-2H. The van der Waals surface area contributed by atoms with Gasteiger partial charge < -0.3 is 14.2 Å². The largest absolute Gasteiger partial charge is 0.424 e. The minimum atomic E-state index is -3.12. The third-order valence-electron chi connectivity index (χ3n) is 2.18. The van der Waals surface area contributed by atoms with E-state index in [1.54, 1.807) is 0 Å². The Kier molecular flexibility index (Phi) is 7.50. The average molecular weight is 412 g/mol. The van der Waals surface area contributed by atoms with Gasteiger partial charge in [-0.15, -0.1) is 0 Å². The Balaban J connectivity index is 3.65. The first-order chi connectivity index (χ1) is 12.1. The van der Waals surface area contributed by atoms with Crippen molar-refractivity contribution in [3.05, 3.63) is 48.4 Å². The smallest absolute Gasteiger partial charge is 0.345 e. The zero-order valence-corrected chi connectivity index (χ0v) is 12.5. The predicted molar refractivity (Wildman–Crippen MR) is 66.6 cm³/mol. The second-order valence-corrected chi connectivity index (χ2v) is 4.41. The lowest BCUT2D eigenvalue weighted by atomic mass is 10.3. The Morgan fingerprint density at radius 3 is 1.50 bits per heavy atom. The predicted octanol–water partition coefficient (Wildman–Crippen LogP) is 5.85. The summed E-state index contributed by atoms with van der Waals surface area (Å²) in [4.78, 5) is 0. The van der Waals surface area contributed by atoms with Crippen molar-refractivity contribution in [2.75, 3.05) is 0 Å². The summed E-state index contributed by atoms with van der Waals surface area (Å²) in [6, 6.07) is -6.93. The second kappa shape index (κ2) is 9.13. The zero-order valence-electron chi connectivity index (χ0n) is 11.6. The second-order valence-electron chi connectivity index (χ2n) is 3.74. The summed E-state index contributed by atoms with van der Waals surface area (Å²) >= 11 is 0. The highest BCUT2D eigenvalue weighted by Crippen LogP contribution is 2.42. The molecule has 0 atom stereocenters. The number of benzene rings is 1. The van der Waals surface area contributed by atoms with Gasteiger partial charge in [0.25, 0.3) is 0 Å². The van der Waals surface area contributed by atoms with Crippen molar-refractivity contribution in [2.45, 2.75) is 0 Å². The fourth-order valence-electron chi connectivity index (χ4n) is 1.27. The van der Waals surface area contributed by atoms with Crippen LogP contribution in [0.5, 0.6) is 17.2 Å². The molecular formula is C12H2F9O4P. The van der Waals surface area contributed by atoms with Crippen molar-refractivity contribution in [3.63, 3.8) is 0 Å². The van der Waals surface area contributed by atoms with Crippen LogP contribution in [-0.4, -0.2) is 0 Å². The molecule has 0 aromatic heterocycles. The molecule has 0 heterocycles. The van der Waals surface area contributed by atoms with Crippen molar-refractivity contribution in [1.82, 2.24) is 0 Å². The molecule has 26 heavy (non-hydrogen) atoms. The van der Waals surface area contributed by atoms with E-state index in [4.69, 9.17) is 0 Å². The molecule has 0 aliphatic heterocycles. The molecule has 0 spiro atoms. The minimum Gasteiger partial charge on any atom is -0.424 e. The first-order valence-corrected chi connectivity index (χ1v) is 6.55. The third-order valence-corrected chi connectivity index (χ3v) is 2.73. The number of rotatable bonds is 7. The Labute approximate surface area is 139 Å². The van der Waals surface area contributed by atoms with E-state index < -0.39 is 67.3 Å². The van der Waals surface area contributed by atoms with Crippen LogP contribution < -0.4 is 19.5 Å². The Morgan fingerprint density at radius 1 is 0.654 bits per heavy atom. The first-order valence-electron chi connectivity index (χ1n) is 5.74. The van der Waals surface area contributed by atoms with Gasteiger partial charge in [-0.2, -0.15) is 39.5 Å². The summed E-state index contributed by atoms with van der Waals surface area (Å²) in [5.41, 5.74) is 0. The average Bonchev–Trinajstić information content (AvgIpc) is 2.56. The number of hydrogen-bond acceptors (Lipinski definition) is 4. The van der Waals surface area contributed by atoms with Gasteiger partial charge in [-0.25, -0.2) is 0 Å². The molecule has 0 aliphatic carbocycles. The van der Waals surface area contributed by atoms with Crippen molar-refractivity contribution in [3.8, 4) is 17.2 Å². The van der Waals surface area contributed by atoms with E-state index in [2.05, 4.69) is 14.2 Å². The Bertz CT molecular complexity index is 794. The molecule has 0 aliphatic rings. The molecule has 0 amide bonds. The monoisotopic (exact) mass is 412 g/mol. The van der Waals surface area contributed by atoms with E-state index in [1.807, 2.05) is 0 Å². The lowest BCUT2D eigenvalue weighted by Gasteiger charge is -2.14. The summed E-state index contributed by atoms with van der Waals surface area (Å²) in [7, 11) is -1.11. The van der Waals surface area contributed by atoms with Gasteiger partial charge >= 0.3 is 36.3 Å². The van der Waals surface area contributed by atoms with Gasteiger partial charge in [-0.1, -0.05) is 0 Å². The molecule has 4 nitrogen and oxygen atoms in total. The van der Waals surface area contributed by atoms with E-state index in [-0.39, 0.29) is 0 Å². The molecule has 142 valence electrons. The van der Waals surface area contributed by atoms with E-state index in [1.165, 1.54) is 0 Å². The van der Waals surface area contributed by atoms with Crippen molar-refractivity contribution in [2.24, 2.45) is 0 Å². The van der Waals surface area contributed by atoms with Crippen LogP contribution in [0.4, 0.5) is 39.5 Å². The molecular weight excluding hydrogens is 410 g/mol. The van der Waals surface area contributed by atoms with E-state index in [0.29, 0.717) is 12.1 Å². The maximum absolute atomic E-state index is 13.0. The molecule has 0 N–H and O–H groups in total. The lowest BCUT2D eigenvalue weighted by Crippen LogP contribution is -2.07. The molecule has 1 aromatic rings. The number of ether oxygens (including phenoxy) is 3. The fourth-order valence-corrected chi connectivity index (χ4v) is 1.64. The summed E-state index contributed by atoms with van der Waals surface area (Å²) < 4.78 is 134. The van der Waals surface area contributed by atoms with Crippen LogP contribution >= 0.6 is 8.46 Å². The van der Waals surface area contributed by atoms with Gasteiger partial charge in [0, 0.05) is 0 Å². The van der Waals surface area contributed by atoms with Gasteiger partial charge in [0.05, 0.1) is 5.30 Å². The Hall–Kier alpha value is -2.69. The summed E-state index contributed by atoms with van der Waals surface area (Å²) in [6.45, 7) is 0. The van der Waals surface area contributed by atoms with Crippen LogP contribution in [0.25, 0.3) is 0 Å². The Morgan fingerprint density at radius 2 is 1.08 bits per heavy atom. The zero-order chi connectivity index (χ0) is 20.0.